The SMILES string of the molecule is C[C@H](B1O[C@@H]2CC3CC(C3(C)C)[C@]2(C)O1)c1ccccc1. The Kier molecular flexibility index (Phi) is 2.87. The molecular formula is C18H25BO2. The van der Waals surface area contributed by atoms with Crippen LogP contribution in [0.15, 0.2) is 30.3 Å². The highest BCUT2D eigenvalue weighted by molar-refractivity contribution is 6.47. The summed E-state index contributed by atoms with van der Waals surface area (Å²) in [4.78, 5) is 0. The number of hydrogen-bond acceptors (Lipinski definition) is 2. The maximum absolute atomic E-state index is 6.53. The second-order valence-corrected chi connectivity index (χ2v) is 8.04. The first-order chi connectivity index (χ1) is 9.93. The van der Waals surface area contributed by atoms with E-state index in [2.05, 4.69) is 58.0 Å². The molecule has 1 aromatic rings. The lowest BCUT2D eigenvalue weighted by Gasteiger charge is -2.64. The summed E-state index contributed by atoms with van der Waals surface area (Å²) in [6, 6.07) is 10.6. The molecule has 2 bridgehead atoms. The van der Waals surface area contributed by atoms with Gasteiger partial charge in [-0.3, -0.25) is 0 Å². The Labute approximate surface area is 128 Å². The average molecular weight is 284 g/mol. The predicted octanol–water partition coefficient (Wildman–Crippen LogP) is 4.06. The van der Waals surface area contributed by atoms with Crippen LogP contribution in [0.3, 0.4) is 0 Å². The molecule has 4 fully saturated rings. The van der Waals surface area contributed by atoms with Crippen molar-refractivity contribution in [3.05, 3.63) is 35.9 Å². The zero-order chi connectivity index (χ0) is 14.8. The average Bonchev–Trinajstić information content (AvgIpc) is 2.84. The van der Waals surface area contributed by atoms with E-state index in [4.69, 9.17) is 9.31 Å². The third-order valence-electron chi connectivity index (χ3n) is 6.70. The van der Waals surface area contributed by atoms with E-state index < -0.39 is 0 Å². The molecule has 1 aromatic carbocycles. The van der Waals surface area contributed by atoms with Crippen molar-refractivity contribution < 1.29 is 9.31 Å². The molecule has 4 aliphatic rings. The third kappa shape index (κ3) is 1.80. The Balaban J connectivity index is 1.57. The lowest BCUT2D eigenvalue weighted by Crippen LogP contribution is -2.65. The second-order valence-electron chi connectivity index (χ2n) is 8.04. The summed E-state index contributed by atoms with van der Waals surface area (Å²) in [6.07, 6.45) is 2.76. The van der Waals surface area contributed by atoms with E-state index in [1.165, 1.54) is 12.0 Å². The fourth-order valence-electron chi connectivity index (χ4n) is 5.03. The van der Waals surface area contributed by atoms with E-state index in [0.29, 0.717) is 11.3 Å². The summed E-state index contributed by atoms with van der Waals surface area (Å²) >= 11 is 0. The highest BCUT2D eigenvalue weighted by Gasteiger charge is 2.68. The fraction of sp³-hybridized carbons (Fsp3) is 0.667. The largest absolute Gasteiger partial charge is 0.465 e. The molecule has 112 valence electrons. The van der Waals surface area contributed by atoms with Crippen LogP contribution in [0.1, 0.15) is 51.9 Å². The van der Waals surface area contributed by atoms with Gasteiger partial charge in [-0.15, -0.1) is 0 Å². The van der Waals surface area contributed by atoms with Crippen LogP contribution in [0.2, 0.25) is 0 Å². The van der Waals surface area contributed by atoms with Gasteiger partial charge in [-0.2, -0.15) is 0 Å². The van der Waals surface area contributed by atoms with Gasteiger partial charge in [0.05, 0.1) is 11.7 Å². The normalized spacial score (nSPS) is 41.3. The van der Waals surface area contributed by atoms with Gasteiger partial charge in [-0.1, -0.05) is 51.1 Å². The minimum absolute atomic E-state index is 0.0913. The van der Waals surface area contributed by atoms with Gasteiger partial charge in [-0.25, -0.2) is 0 Å². The van der Waals surface area contributed by atoms with E-state index in [1.54, 1.807) is 0 Å². The molecule has 2 nitrogen and oxygen atoms in total. The summed E-state index contributed by atoms with van der Waals surface area (Å²) in [5.41, 5.74) is 1.63. The zero-order valence-corrected chi connectivity index (χ0v) is 13.5. The van der Waals surface area contributed by atoms with Crippen molar-refractivity contribution >= 4 is 7.12 Å². The molecule has 0 aromatic heterocycles. The molecule has 1 aliphatic heterocycles. The molecule has 1 saturated heterocycles. The molecule has 1 heterocycles. The Bertz CT molecular complexity index is 543. The quantitative estimate of drug-likeness (QED) is 0.762. The Hall–Kier alpha value is -0.795. The highest BCUT2D eigenvalue weighted by Crippen LogP contribution is 2.66. The van der Waals surface area contributed by atoms with Gasteiger partial charge in [0.25, 0.3) is 0 Å². The summed E-state index contributed by atoms with van der Waals surface area (Å²) in [7, 11) is -0.0995. The molecule has 5 rings (SSSR count). The van der Waals surface area contributed by atoms with Gasteiger partial charge in [0, 0.05) is 5.82 Å². The first-order valence-electron chi connectivity index (χ1n) is 8.31. The predicted molar refractivity (Wildman–Crippen MR) is 85.0 cm³/mol. The van der Waals surface area contributed by atoms with E-state index in [1.807, 2.05) is 0 Å². The van der Waals surface area contributed by atoms with E-state index >= 15 is 0 Å². The van der Waals surface area contributed by atoms with Gasteiger partial charge in [0.1, 0.15) is 0 Å². The minimum Gasteiger partial charge on any atom is -0.405 e. The van der Waals surface area contributed by atoms with Crippen LogP contribution in [0.25, 0.3) is 0 Å². The maximum atomic E-state index is 6.53. The molecule has 5 atom stereocenters. The van der Waals surface area contributed by atoms with Gasteiger partial charge in [-0.05, 0) is 42.6 Å². The number of rotatable bonds is 2. The molecule has 3 saturated carbocycles. The Morgan fingerprint density at radius 3 is 2.52 bits per heavy atom. The molecule has 21 heavy (non-hydrogen) atoms. The van der Waals surface area contributed by atoms with Crippen LogP contribution in [0, 0.1) is 17.3 Å². The van der Waals surface area contributed by atoms with Crippen LogP contribution in [-0.4, -0.2) is 18.8 Å². The molecule has 2 unspecified atom stereocenters. The van der Waals surface area contributed by atoms with Crippen molar-refractivity contribution in [1.29, 1.82) is 0 Å². The number of hydrogen-bond donors (Lipinski definition) is 0. The summed E-state index contributed by atoms with van der Waals surface area (Å²) in [5.74, 6) is 1.74. The van der Waals surface area contributed by atoms with Crippen LogP contribution < -0.4 is 0 Å². The molecule has 3 aliphatic carbocycles. The minimum atomic E-state index is -0.0995. The Morgan fingerprint density at radius 2 is 1.86 bits per heavy atom. The third-order valence-corrected chi connectivity index (χ3v) is 6.70. The molecule has 3 heteroatoms. The zero-order valence-electron chi connectivity index (χ0n) is 13.5. The topological polar surface area (TPSA) is 18.5 Å². The van der Waals surface area contributed by atoms with Crippen molar-refractivity contribution in [3.8, 4) is 0 Å². The lowest BCUT2D eigenvalue weighted by molar-refractivity contribution is -0.199. The van der Waals surface area contributed by atoms with Gasteiger partial charge < -0.3 is 9.31 Å². The van der Waals surface area contributed by atoms with Gasteiger partial charge in [0.2, 0.25) is 0 Å². The highest BCUT2D eigenvalue weighted by atomic mass is 16.7. The monoisotopic (exact) mass is 284 g/mol. The van der Waals surface area contributed by atoms with Gasteiger partial charge >= 0.3 is 7.12 Å². The van der Waals surface area contributed by atoms with Gasteiger partial charge in [0.15, 0.2) is 0 Å². The second kappa shape index (κ2) is 4.36. The summed E-state index contributed by atoms with van der Waals surface area (Å²) < 4.78 is 12.9. The molecule has 0 spiro atoms. The van der Waals surface area contributed by atoms with Crippen LogP contribution in [0.4, 0.5) is 0 Å². The molecular weight excluding hydrogens is 259 g/mol. The smallest absolute Gasteiger partial charge is 0.405 e. The summed E-state index contributed by atoms with van der Waals surface area (Å²) in [6.45, 7) is 9.32. The Morgan fingerprint density at radius 1 is 1.14 bits per heavy atom. The van der Waals surface area contributed by atoms with Crippen LogP contribution in [0.5, 0.6) is 0 Å². The standard InChI is InChI=1S/C18H25BO2/c1-12(13-8-6-5-7-9-13)19-20-16-11-14-10-15(17(14,2)3)18(16,4)21-19/h5-9,12,14-16H,10-11H2,1-4H3/t12-,14?,15?,16+,18-/m0/s1. The van der Waals surface area contributed by atoms with Crippen molar-refractivity contribution in [3.63, 3.8) is 0 Å². The van der Waals surface area contributed by atoms with Crippen LogP contribution >= 0.6 is 0 Å². The van der Waals surface area contributed by atoms with Crippen LogP contribution in [-0.2, 0) is 9.31 Å². The lowest BCUT2D eigenvalue weighted by atomic mass is 9.43. The van der Waals surface area contributed by atoms with E-state index in [-0.39, 0.29) is 24.6 Å². The van der Waals surface area contributed by atoms with Crippen molar-refractivity contribution in [2.24, 2.45) is 17.3 Å². The number of benzene rings is 1. The van der Waals surface area contributed by atoms with Crippen molar-refractivity contribution in [2.75, 3.05) is 0 Å². The van der Waals surface area contributed by atoms with Crippen molar-refractivity contribution in [2.45, 2.75) is 58.1 Å². The molecule has 0 radical (unpaired) electrons. The maximum Gasteiger partial charge on any atom is 0.465 e. The van der Waals surface area contributed by atoms with Crippen molar-refractivity contribution in [1.82, 2.24) is 0 Å². The van der Waals surface area contributed by atoms with E-state index in [0.717, 1.165) is 12.3 Å². The first kappa shape index (κ1) is 13.8. The molecule has 0 N–H and O–H groups in total. The summed E-state index contributed by atoms with van der Waals surface area (Å²) in [5, 5.41) is 0. The first-order valence-corrected chi connectivity index (χ1v) is 8.31. The fourth-order valence-corrected chi connectivity index (χ4v) is 5.03. The van der Waals surface area contributed by atoms with E-state index in [9.17, 15) is 0 Å². The molecule has 0 amide bonds.